The predicted molar refractivity (Wildman–Crippen MR) is 97.6 cm³/mol. The first-order valence-corrected chi connectivity index (χ1v) is 10.7. The third kappa shape index (κ3) is 3.72. The largest absolute Gasteiger partial charge is 1.00 e. The van der Waals surface area contributed by atoms with Crippen LogP contribution >= 0.6 is 0 Å². The summed E-state index contributed by atoms with van der Waals surface area (Å²) in [6, 6.07) is 13.4. The number of halogens is 1. The number of rotatable bonds is 4. The zero-order chi connectivity index (χ0) is 16.5. The molecule has 2 aromatic rings. The van der Waals surface area contributed by atoms with E-state index in [1.54, 1.807) is 0 Å². The molecule has 0 bridgehead atoms. The van der Waals surface area contributed by atoms with Crippen molar-refractivity contribution in [1.82, 2.24) is 0 Å². The zero-order valence-electron chi connectivity index (χ0n) is 14.6. The average molecular weight is 428 g/mol. The van der Waals surface area contributed by atoms with Crippen LogP contribution in [0.3, 0.4) is 0 Å². The molecule has 0 aromatic heterocycles. The molecule has 0 amide bonds. The summed E-state index contributed by atoms with van der Waals surface area (Å²) in [5.74, 6) is 0. The SMILES string of the molecule is C[C](C)=[Zr+][O]Cc1c(C2=CC=CC2)ccc2c1Cc1ccccc1-2.[Cl-]. The van der Waals surface area contributed by atoms with Gasteiger partial charge in [0.05, 0.1) is 0 Å². The van der Waals surface area contributed by atoms with Crippen molar-refractivity contribution in [2.75, 3.05) is 0 Å². The number of benzene rings is 2. The summed E-state index contributed by atoms with van der Waals surface area (Å²) in [6.45, 7) is 5.16. The van der Waals surface area contributed by atoms with Crippen molar-refractivity contribution < 1.29 is 38.4 Å². The molecule has 2 aliphatic carbocycles. The molecule has 0 aliphatic heterocycles. The number of allylic oxidation sites excluding steroid dienone is 4. The maximum absolute atomic E-state index is 6.19. The van der Waals surface area contributed by atoms with Crippen molar-refractivity contribution in [3.05, 3.63) is 76.9 Å². The molecule has 2 aromatic carbocycles. The Morgan fingerprint density at radius 3 is 2.60 bits per heavy atom. The van der Waals surface area contributed by atoms with E-state index in [0.717, 1.165) is 19.4 Å². The molecule has 0 saturated heterocycles. The van der Waals surface area contributed by atoms with Gasteiger partial charge in [-0.1, -0.05) is 0 Å². The van der Waals surface area contributed by atoms with Gasteiger partial charge in [-0.05, 0) is 0 Å². The van der Waals surface area contributed by atoms with Crippen LogP contribution in [0.2, 0.25) is 0 Å². The van der Waals surface area contributed by atoms with Crippen molar-refractivity contribution >= 4 is 8.78 Å². The van der Waals surface area contributed by atoms with Gasteiger partial charge in [0.1, 0.15) is 0 Å². The smallest absolute Gasteiger partial charge is 1.00 e. The van der Waals surface area contributed by atoms with E-state index in [1.165, 1.54) is 42.2 Å². The second-order valence-corrected chi connectivity index (χ2v) is 10.3. The van der Waals surface area contributed by atoms with Gasteiger partial charge in [0.2, 0.25) is 0 Å². The van der Waals surface area contributed by atoms with Gasteiger partial charge in [0.15, 0.2) is 0 Å². The molecule has 2 aliphatic rings. The molecule has 0 atom stereocenters. The number of hydrogen-bond donors (Lipinski definition) is 0. The van der Waals surface area contributed by atoms with Crippen LogP contribution in [-0.2, 0) is 39.0 Å². The van der Waals surface area contributed by atoms with Gasteiger partial charge in [-0.2, -0.15) is 0 Å². The van der Waals surface area contributed by atoms with Crippen LogP contribution in [0.15, 0.2) is 54.6 Å². The normalized spacial score (nSPS) is 13.6. The first-order valence-electron chi connectivity index (χ1n) is 8.51. The van der Waals surface area contributed by atoms with Crippen LogP contribution in [0, 0.1) is 0 Å². The average Bonchev–Trinajstić information content (AvgIpc) is 3.22. The van der Waals surface area contributed by atoms with E-state index in [2.05, 4.69) is 68.5 Å². The van der Waals surface area contributed by atoms with Crippen LogP contribution in [0.4, 0.5) is 0 Å². The van der Waals surface area contributed by atoms with E-state index in [9.17, 15) is 0 Å². The van der Waals surface area contributed by atoms with Crippen molar-refractivity contribution in [1.29, 1.82) is 0 Å². The minimum Gasteiger partial charge on any atom is -1.00 e. The van der Waals surface area contributed by atoms with E-state index in [-0.39, 0.29) is 12.4 Å². The maximum atomic E-state index is 6.19. The Labute approximate surface area is 167 Å². The zero-order valence-corrected chi connectivity index (χ0v) is 17.8. The van der Waals surface area contributed by atoms with E-state index >= 15 is 0 Å². The minimum atomic E-state index is -0.818. The molecule has 0 fully saturated rings. The van der Waals surface area contributed by atoms with Crippen LogP contribution in [-0.4, -0.2) is 3.21 Å². The van der Waals surface area contributed by atoms with Gasteiger partial charge in [0, 0.05) is 0 Å². The molecular weight excluding hydrogens is 407 g/mol. The van der Waals surface area contributed by atoms with E-state index < -0.39 is 23.2 Å². The molecule has 25 heavy (non-hydrogen) atoms. The van der Waals surface area contributed by atoms with Crippen LogP contribution < -0.4 is 12.4 Å². The van der Waals surface area contributed by atoms with Gasteiger partial charge in [-0.25, -0.2) is 0 Å². The van der Waals surface area contributed by atoms with Crippen molar-refractivity contribution in [3.63, 3.8) is 0 Å². The Balaban J connectivity index is 0.00000182. The second-order valence-electron chi connectivity index (χ2n) is 6.67. The molecule has 3 heteroatoms. The molecule has 126 valence electrons. The van der Waals surface area contributed by atoms with Gasteiger partial charge < -0.3 is 12.4 Å². The summed E-state index contributed by atoms with van der Waals surface area (Å²) >= 11 is -0.818. The van der Waals surface area contributed by atoms with Gasteiger partial charge in [-0.15, -0.1) is 0 Å². The van der Waals surface area contributed by atoms with Crippen molar-refractivity contribution in [2.45, 2.75) is 33.3 Å². The number of hydrogen-bond acceptors (Lipinski definition) is 1. The molecular formula is C22H21ClOZr. The standard InChI is InChI=1S/C19H15O.C3H6.ClH.Zr/c20-12-19-16(13-5-1-2-6-13)9-10-17-15-8-4-3-7-14(15)11-18(17)19;1-3-2;;/h1-5,7-10H,6,11-12H2;1-2H3;1H;/q-1;;;+2/p-1. The molecule has 0 saturated carbocycles. The fraction of sp³-hybridized carbons (Fsp3) is 0.227. The van der Waals surface area contributed by atoms with Gasteiger partial charge in [0.25, 0.3) is 0 Å². The quantitative estimate of drug-likeness (QED) is 0.621. The monoisotopic (exact) mass is 426 g/mol. The van der Waals surface area contributed by atoms with Crippen molar-refractivity contribution in [2.24, 2.45) is 0 Å². The Morgan fingerprint density at radius 1 is 1.04 bits per heavy atom. The first kappa shape index (κ1) is 18.7. The van der Waals surface area contributed by atoms with E-state index in [1.807, 2.05) is 0 Å². The third-order valence-electron chi connectivity index (χ3n) is 4.72. The van der Waals surface area contributed by atoms with E-state index in [0.29, 0.717) is 0 Å². The fourth-order valence-electron chi connectivity index (χ4n) is 3.64. The molecule has 1 nitrogen and oxygen atoms in total. The summed E-state index contributed by atoms with van der Waals surface area (Å²) in [7, 11) is 0. The summed E-state index contributed by atoms with van der Waals surface area (Å²) in [6.07, 6.45) is 8.74. The molecule has 4 rings (SSSR count). The number of fused-ring (bicyclic) bond motifs is 3. The molecule has 0 radical (unpaired) electrons. The topological polar surface area (TPSA) is 9.23 Å². The molecule has 0 heterocycles. The van der Waals surface area contributed by atoms with Crippen LogP contribution in [0.5, 0.6) is 0 Å². The summed E-state index contributed by atoms with van der Waals surface area (Å²) in [5, 5.41) is 0. The third-order valence-corrected chi connectivity index (χ3v) is 6.43. The predicted octanol–water partition coefficient (Wildman–Crippen LogP) is 2.33. The van der Waals surface area contributed by atoms with Gasteiger partial charge >= 0.3 is 156 Å². The summed E-state index contributed by atoms with van der Waals surface area (Å²) in [4.78, 5) is 0. The Kier molecular flexibility index (Phi) is 6.05. The van der Waals surface area contributed by atoms with E-state index in [4.69, 9.17) is 2.81 Å². The Bertz CT molecular complexity index is 889. The summed E-state index contributed by atoms with van der Waals surface area (Å²) in [5.41, 5.74) is 9.96. The van der Waals surface area contributed by atoms with Crippen LogP contribution in [0.25, 0.3) is 16.7 Å². The maximum Gasteiger partial charge on any atom is -1.00 e. The second kappa shape index (κ2) is 8.08. The first-order chi connectivity index (χ1) is 11.7. The Hall–Kier alpha value is -1.08. The molecule has 0 unspecified atom stereocenters. The molecule has 0 N–H and O–H groups in total. The van der Waals surface area contributed by atoms with Gasteiger partial charge in [-0.3, -0.25) is 0 Å². The fourth-order valence-corrected chi connectivity index (χ4v) is 4.88. The Morgan fingerprint density at radius 2 is 1.84 bits per heavy atom. The summed E-state index contributed by atoms with van der Waals surface area (Å²) < 4.78 is 7.67. The molecule has 0 spiro atoms. The van der Waals surface area contributed by atoms with Crippen molar-refractivity contribution in [3.8, 4) is 11.1 Å². The minimum absolute atomic E-state index is 0. The van der Waals surface area contributed by atoms with Crippen LogP contribution in [0.1, 0.15) is 42.5 Å².